The Bertz CT molecular complexity index is 4080. The van der Waals surface area contributed by atoms with Crippen LogP contribution in [0.3, 0.4) is 0 Å². The van der Waals surface area contributed by atoms with Gasteiger partial charge in [0.25, 0.3) is 0 Å². The van der Waals surface area contributed by atoms with Crippen LogP contribution in [0.4, 0.5) is 17.1 Å². The first kappa shape index (κ1) is 40.7. The van der Waals surface area contributed by atoms with Crippen molar-refractivity contribution in [3.8, 4) is 22.3 Å². The molecule has 0 bridgehead atoms. The summed E-state index contributed by atoms with van der Waals surface area (Å²) in [6.07, 6.45) is 0. The van der Waals surface area contributed by atoms with Crippen molar-refractivity contribution in [1.82, 2.24) is 0 Å². The van der Waals surface area contributed by atoms with Gasteiger partial charge in [-0.25, -0.2) is 0 Å². The van der Waals surface area contributed by atoms with Gasteiger partial charge in [-0.2, -0.15) is 0 Å². The third-order valence-electron chi connectivity index (χ3n) is 16.2. The minimum Gasteiger partial charge on any atom is -0.313 e. The predicted molar refractivity (Wildman–Crippen MR) is 317 cm³/mol. The second-order valence-electron chi connectivity index (χ2n) is 19.8. The molecule has 0 aliphatic carbocycles. The molecular weight excluding hydrogens is 921 g/mol. The zero-order chi connectivity index (χ0) is 47.1. The van der Waals surface area contributed by atoms with Crippen LogP contribution in [0.1, 0.15) is 0 Å². The largest absolute Gasteiger partial charge is 0.313 e. The molecule has 1 nitrogen and oxygen atoms in total. The van der Waals surface area contributed by atoms with E-state index >= 15 is 0 Å². The highest BCUT2D eigenvalue weighted by Crippen LogP contribution is 2.44. The van der Waals surface area contributed by atoms with Crippen molar-refractivity contribution in [3.05, 3.63) is 249 Å². The monoisotopic (exact) mass is 961 g/mol. The van der Waals surface area contributed by atoms with Gasteiger partial charge in [-0.15, -0.1) is 22.7 Å². The fraction of sp³-hybridized carbons (Fsp3) is 0. The minimum absolute atomic E-state index is 0.000938. The van der Waals surface area contributed by atoms with E-state index in [9.17, 15) is 0 Å². The van der Waals surface area contributed by atoms with Gasteiger partial charge < -0.3 is 4.90 Å². The molecule has 0 fully saturated rings. The average molecular weight is 962 g/mol. The van der Waals surface area contributed by atoms with Crippen LogP contribution >= 0.6 is 22.7 Å². The quantitative estimate of drug-likeness (QED) is 0.150. The van der Waals surface area contributed by atoms with Crippen LogP contribution in [0.5, 0.6) is 0 Å². The lowest BCUT2D eigenvalue weighted by Crippen LogP contribution is -2.81. The second-order valence-corrected chi connectivity index (χ2v) is 25.7. The third kappa shape index (κ3) is 5.66. The van der Waals surface area contributed by atoms with Crippen molar-refractivity contribution in [1.29, 1.82) is 0 Å². The third-order valence-corrected chi connectivity index (χ3v) is 23.3. The summed E-state index contributed by atoms with van der Waals surface area (Å²) >= 11 is 3.78. The van der Waals surface area contributed by atoms with E-state index in [-0.39, 0.29) is 13.4 Å². The van der Waals surface area contributed by atoms with E-state index < -0.39 is 8.07 Å². The van der Waals surface area contributed by atoms with Gasteiger partial charge in [0.05, 0.1) is 0 Å². The molecule has 0 saturated heterocycles. The van der Waals surface area contributed by atoms with Crippen molar-refractivity contribution >= 4 is 155 Å². The lowest BCUT2D eigenvalue weighted by atomic mass is 9.30. The van der Waals surface area contributed by atoms with Gasteiger partial charge in [-0.05, 0) is 101 Å². The highest BCUT2D eigenvalue weighted by atomic mass is 32.1. The SMILES string of the molecule is c1ccc(B2c3cccc4c3N3c5c2cc(-c2ccc6sc7ccccc7c6c2)cc5[Si](c2ccccc2)(c2ccccc2)c2cc(-c5ccc6sc7ccccc7c6c5)cc(c23)B4c2ccccc2)cc1. The van der Waals surface area contributed by atoms with Crippen molar-refractivity contribution in [2.24, 2.45) is 0 Å². The molecule has 0 unspecified atom stereocenters. The molecule has 0 radical (unpaired) electrons. The molecule has 11 aromatic carbocycles. The normalized spacial score (nSPS) is 13.9. The molecule has 2 aromatic heterocycles. The number of fused-ring (bicyclic) bond motifs is 6. The summed E-state index contributed by atoms with van der Waals surface area (Å²) in [5, 5.41) is 11.0. The average Bonchev–Trinajstić information content (AvgIpc) is 4.03. The van der Waals surface area contributed by atoms with E-state index in [1.807, 2.05) is 22.7 Å². The maximum absolute atomic E-state index is 3.25. The minimum atomic E-state index is -3.25. The van der Waals surface area contributed by atoms with Crippen LogP contribution < -0.4 is 58.4 Å². The molecule has 6 heteroatoms. The predicted octanol–water partition coefficient (Wildman–Crippen LogP) is 10.6. The van der Waals surface area contributed by atoms with Gasteiger partial charge in [-0.1, -0.05) is 223 Å². The summed E-state index contributed by atoms with van der Waals surface area (Å²) in [6, 6.07) is 96.0. The Labute approximate surface area is 428 Å². The maximum atomic E-state index is 2.77. The first-order valence-corrected chi connectivity index (χ1v) is 28.7. The highest BCUT2D eigenvalue weighted by Gasteiger charge is 2.55. The van der Waals surface area contributed by atoms with Crippen LogP contribution in [0.2, 0.25) is 0 Å². The number of nitrogens with zero attached hydrogens (tertiary/aromatic N) is 1. The van der Waals surface area contributed by atoms with E-state index in [1.165, 1.54) is 133 Å². The standard InChI is InChI=1S/C66H41B2NS2Si/c1-5-18-46(19-6-1)67-54-28-17-29-55-64(54)69-65-56(67)38-44(42-32-34-60-52(36-42)50-26-13-15-30-58(50)70-60)40-62(65)72(48-22-9-3-10-23-48,49-24-11-4-12-25-49)63-41-45(39-57(66(63)69)68(55)47-20-7-2-8-21-47)43-33-35-61-53(37-43)51-27-14-16-31-59(51)71-61/h1-41H. The van der Waals surface area contributed by atoms with Crippen molar-refractivity contribution < 1.29 is 0 Å². The lowest BCUT2D eigenvalue weighted by Gasteiger charge is -2.53. The molecular formula is C66H41B2NS2Si. The van der Waals surface area contributed by atoms with Crippen molar-refractivity contribution in [2.75, 3.05) is 4.90 Å². The van der Waals surface area contributed by atoms with E-state index in [0.29, 0.717) is 0 Å². The number of hydrogen-bond acceptors (Lipinski definition) is 3. The molecule has 0 spiro atoms. The molecule has 0 amide bonds. The second kappa shape index (κ2) is 15.5. The first-order valence-electron chi connectivity index (χ1n) is 25.0. The molecule has 16 rings (SSSR count). The Hall–Kier alpha value is -7.99. The first-order chi connectivity index (χ1) is 35.7. The molecule has 0 saturated carbocycles. The summed E-state index contributed by atoms with van der Waals surface area (Å²) in [5.41, 5.74) is 17.2. The summed E-state index contributed by atoms with van der Waals surface area (Å²) in [6.45, 7) is 0.00188. The van der Waals surface area contributed by atoms with Crippen molar-refractivity contribution in [3.63, 3.8) is 0 Å². The van der Waals surface area contributed by atoms with Gasteiger partial charge in [0, 0.05) is 57.4 Å². The summed E-state index contributed by atoms with van der Waals surface area (Å²) in [7, 11) is -3.25. The Kier molecular flexibility index (Phi) is 8.76. The zero-order valence-corrected chi connectivity index (χ0v) is 41.7. The number of anilines is 3. The molecule has 0 N–H and O–H groups in total. The summed E-state index contributed by atoms with van der Waals surface area (Å²) in [4.78, 5) is 2.77. The summed E-state index contributed by atoms with van der Waals surface area (Å²) < 4.78 is 5.30. The van der Waals surface area contributed by atoms with E-state index in [4.69, 9.17) is 0 Å². The fourth-order valence-electron chi connectivity index (χ4n) is 13.3. The van der Waals surface area contributed by atoms with Gasteiger partial charge in [0.1, 0.15) is 0 Å². The Morgan fingerprint density at radius 2 is 0.694 bits per heavy atom. The number of rotatable bonds is 6. The lowest BCUT2D eigenvalue weighted by molar-refractivity contribution is 1.31. The highest BCUT2D eigenvalue weighted by molar-refractivity contribution is 7.26. The molecule has 13 aromatic rings. The topological polar surface area (TPSA) is 3.24 Å². The zero-order valence-electron chi connectivity index (χ0n) is 39.1. The maximum Gasteiger partial charge on any atom is 0.246 e. The van der Waals surface area contributed by atoms with E-state index in [0.717, 1.165) is 0 Å². The van der Waals surface area contributed by atoms with Crippen LogP contribution in [-0.2, 0) is 0 Å². The number of para-hydroxylation sites is 1. The molecule has 72 heavy (non-hydrogen) atoms. The van der Waals surface area contributed by atoms with Crippen molar-refractivity contribution in [2.45, 2.75) is 0 Å². The van der Waals surface area contributed by atoms with E-state index in [1.54, 1.807) is 0 Å². The van der Waals surface area contributed by atoms with Gasteiger partial charge >= 0.3 is 0 Å². The molecule has 332 valence electrons. The van der Waals surface area contributed by atoms with Crippen LogP contribution in [-0.4, -0.2) is 21.5 Å². The Morgan fingerprint density at radius 1 is 0.292 bits per heavy atom. The van der Waals surface area contributed by atoms with E-state index in [2.05, 4.69) is 254 Å². The Morgan fingerprint density at radius 3 is 1.15 bits per heavy atom. The molecule has 3 aliphatic heterocycles. The van der Waals surface area contributed by atoms with Gasteiger partial charge in [0.2, 0.25) is 13.4 Å². The summed E-state index contributed by atoms with van der Waals surface area (Å²) in [5.74, 6) is 0. The number of thiophene rings is 2. The smallest absolute Gasteiger partial charge is 0.246 e. The van der Waals surface area contributed by atoms with Gasteiger partial charge in [-0.3, -0.25) is 0 Å². The molecule has 3 aliphatic rings. The molecule has 0 atom stereocenters. The van der Waals surface area contributed by atoms with Crippen LogP contribution in [0.15, 0.2) is 249 Å². The van der Waals surface area contributed by atoms with Crippen LogP contribution in [0.25, 0.3) is 62.6 Å². The van der Waals surface area contributed by atoms with Gasteiger partial charge in [0.15, 0.2) is 8.07 Å². The number of hydrogen-bond donors (Lipinski definition) is 0. The number of benzene rings is 11. The Balaban J connectivity index is 1.10. The fourth-order valence-corrected chi connectivity index (χ4v) is 20.7. The molecule has 5 heterocycles. The van der Waals surface area contributed by atoms with Crippen LogP contribution in [0, 0.1) is 0 Å².